The number of hydrogen-bond donors (Lipinski definition) is 1. The number of nitrogens with zero attached hydrogens (tertiary/aromatic N) is 2. The minimum absolute atomic E-state index is 0.270. The SMILES string of the molecule is CCN(CC)C(=O)CCNC1CCN(C(C)C)C1. The molecular formula is C14H29N3O. The highest BCUT2D eigenvalue weighted by Gasteiger charge is 2.23. The van der Waals surface area contributed by atoms with Crippen LogP contribution < -0.4 is 5.32 Å². The summed E-state index contributed by atoms with van der Waals surface area (Å²) in [6.45, 7) is 13.3. The predicted octanol–water partition coefficient (Wildman–Crippen LogP) is 1.32. The van der Waals surface area contributed by atoms with Gasteiger partial charge in [0.05, 0.1) is 0 Å². The van der Waals surface area contributed by atoms with Gasteiger partial charge >= 0.3 is 0 Å². The fourth-order valence-corrected chi connectivity index (χ4v) is 2.54. The van der Waals surface area contributed by atoms with Crippen LogP contribution in [0.15, 0.2) is 0 Å². The quantitative estimate of drug-likeness (QED) is 0.745. The summed E-state index contributed by atoms with van der Waals surface area (Å²) in [4.78, 5) is 16.2. The van der Waals surface area contributed by atoms with E-state index in [1.165, 1.54) is 13.0 Å². The van der Waals surface area contributed by atoms with Gasteiger partial charge in [-0.2, -0.15) is 0 Å². The molecule has 4 nitrogen and oxygen atoms in total. The maximum atomic E-state index is 11.8. The molecule has 1 heterocycles. The summed E-state index contributed by atoms with van der Waals surface area (Å²) in [5.41, 5.74) is 0. The molecule has 4 heteroatoms. The molecule has 0 spiro atoms. The lowest BCUT2D eigenvalue weighted by Crippen LogP contribution is -2.38. The highest BCUT2D eigenvalue weighted by Crippen LogP contribution is 2.12. The average Bonchev–Trinajstić information content (AvgIpc) is 2.79. The number of rotatable bonds is 7. The number of carbonyl (C=O) groups excluding carboxylic acids is 1. The van der Waals surface area contributed by atoms with Gasteiger partial charge in [0.2, 0.25) is 5.91 Å². The van der Waals surface area contributed by atoms with Crippen molar-refractivity contribution in [2.24, 2.45) is 0 Å². The lowest BCUT2D eigenvalue weighted by atomic mass is 10.2. The minimum Gasteiger partial charge on any atom is -0.343 e. The molecule has 1 unspecified atom stereocenters. The Morgan fingerprint density at radius 2 is 2.06 bits per heavy atom. The number of likely N-dealkylation sites (tertiary alicyclic amines) is 1. The lowest BCUT2D eigenvalue weighted by Gasteiger charge is -2.21. The minimum atomic E-state index is 0.270. The van der Waals surface area contributed by atoms with Gasteiger partial charge in [0.1, 0.15) is 0 Å². The molecule has 1 aliphatic heterocycles. The third-order valence-electron chi connectivity index (χ3n) is 3.84. The summed E-state index contributed by atoms with van der Waals surface area (Å²) in [5.74, 6) is 0.270. The van der Waals surface area contributed by atoms with Crippen molar-refractivity contribution in [2.45, 2.75) is 52.6 Å². The molecule has 0 aromatic rings. The van der Waals surface area contributed by atoms with Crippen LogP contribution in [0.5, 0.6) is 0 Å². The molecule has 106 valence electrons. The molecule has 1 rings (SSSR count). The molecule has 0 bridgehead atoms. The Labute approximate surface area is 112 Å². The second kappa shape index (κ2) is 7.74. The Hall–Kier alpha value is -0.610. The Bertz CT molecular complexity index is 251. The van der Waals surface area contributed by atoms with Crippen molar-refractivity contribution in [3.05, 3.63) is 0 Å². The van der Waals surface area contributed by atoms with E-state index in [1.54, 1.807) is 0 Å². The summed E-state index contributed by atoms with van der Waals surface area (Å²) in [5, 5.41) is 3.51. The molecule has 0 saturated carbocycles. The van der Waals surface area contributed by atoms with Gasteiger partial charge in [0, 0.05) is 44.7 Å². The van der Waals surface area contributed by atoms with E-state index in [2.05, 4.69) is 24.1 Å². The number of carbonyl (C=O) groups is 1. The zero-order valence-corrected chi connectivity index (χ0v) is 12.4. The van der Waals surface area contributed by atoms with Gasteiger partial charge < -0.3 is 10.2 Å². The molecule has 1 N–H and O–H groups in total. The van der Waals surface area contributed by atoms with Crippen LogP contribution in [0.1, 0.15) is 40.5 Å². The van der Waals surface area contributed by atoms with Crippen LogP contribution in [0.2, 0.25) is 0 Å². The molecule has 0 aliphatic carbocycles. The van der Waals surface area contributed by atoms with Crippen LogP contribution in [0.3, 0.4) is 0 Å². The summed E-state index contributed by atoms with van der Waals surface area (Å²) >= 11 is 0. The van der Waals surface area contributed by atoms with Crippen molar-refractivity contribution < 1.29 is 4.79 Å². The van der Waals surface area contributed by atoms with Gasteiger partial charge in [-0.05, 0) is 40.7 Å². The van der Waals surface area contributed by atoms with Crippen molar-refractivity contribution in [1.29, 1.82) is 0 Å². The third kappa shape index (κ3) is 4.58. The van der Waals surface area contributed by atoms with E-state index in [4.69, 9.17) is 0 Å². The lowest BCUT2D eigenvalue weighted by molar-refractivity contribution is -0.130. The van der Waals surface area contributed by atoms with Gasteiger partial charge in [-0.25, -0.2) is 0 Å². The van der Waals surface area contributed by atoms with Crippen LogP contribution in [0.25, 0.3) is 0 Å². The maximum Gasteiger partial charge on any atom is 0.223 e. The van der Waals surface area contributed by atoms with Gasteiger partial charge in [0.15, 0.2) is 0 Å². The number of amides is 1. The number of nitrogens with one attached hydrogen (secondary N) is 1. The third-order valence-corrected chi connectivity index (χ3v) is 3.84. The summed E-state index contributed by atoms with van der Waals surface area (Å²) < 4.78 is 0. The van der Waals surface area contributed by atoms with Crippen molar-refractivity contribution >= 4 is 5.91 Å². The highest BCUT2D eigenvalue weighted by molar-refractivity contribution is 5.76. The Balaban J connectivity index is 2.17. The Kier molecular flexibility index (Phi) is 6.65. The number of hydrogen-bond acceptors (Lipinski definition) is 3. The molecular weight excluding hydrogens is 226 g/mol. The van der Waals surface area contributed by atoms with E-state index in [1.807, 2.05) is 18.7 Å². The normalized spacial score (nSPS) is 20.6. The smallest absolute Gasteiger partial charge is 0.223 e. The standard InChI is InChI=1S/C14H29N3O/c1-5-16(6-2)14(18)7-9-15-13-8-10-17(11-13)12(3)4/h12-13,15H,5-11H2,1-4H3. The van der Waals surface area contributed by atoms with Crippen LogP contribution >= 0.6 is 0 Å². The van der Waals surface area contributed by atoms with E-state index in [0.717, 1.165) is 26.2 Å². The first-order valence-electron chi connectivity index (χ1n) is 7.33. The molecule has 1 saturated heterocycles. The van der Waals surface area contributed by atoms with Gasteiger partial charge in [0.25, 0.3) is 0 Å². The summed E-state index contributed by atoms with van der Waals surface area (Å²) in [6.07, 6.45) is 1.83. The van der Waals surface area contributed by atoms with E-state index in [9.17, 15) is 4.79 Å². The fourth-order valence-electron chi connectivity index (χ4n) is 2.54. The molecule has 0 aromatic heterocycles. The van der Waals surface area contributed by atoms with Crippen molar-refractivity contribution in [2.75, 3.05) is 32.7 Å². The molecule has 1 fully saturated rings. The zero-order valence-electron chi connectivity index (χ0n) is 12.4. The molecule has 18 heavy (non-hydrogen) atoms. The van der Waals surface area contributed by atoms with Crippen LogP contribution in [-0.2, 0) is 4.79 Å². The maximum absolute atomic E-state index is 11.8. The monoisotopic (exact) mass is 255 g/mol. The van der Waals surface area contributed by atoms with Crippen LogP contribution in [0.4, 0.5) is 0 Å². The molecule has 1 aliphatic rings. The fraction of sp³-hybridized carbons (Fsp3) is 0.929. The topological polar surface area (TPSA) is 35.6 Å². The largest absolute Gasteiger partial charge is 0.343 e. The first-order chi connectivity index (χ1) is 8.58. The summed E-state index contributed by atoms with van der Waals surface area (Å²) in [7, 11) is 0. The first-order valence-corrected chi connectivity index (χ1v) is 7.33. The van der Waals surface area contributed by atoms with Crippen LogP contribution in [0, 0.1) is 0 Å². The van der Waals surface area contributed by atoms with E-state index in [-0.39, 0.29) is 5.91 Å². The van der Waals surface area contributed by atoms with E-state index in [0.29, 0.717) is 18.5 Å². The highest BCUT2D eigenvalue weighted by atomic mass is 16.2. The molecule has 0 radical (unpaired) electrons. The van der Waals surface area contributed by atoms with E-state index >= 15 is 0 Å². The zero-order chi connectivity index (χ0) is 13.5. The Morgan fingerprint density at radius 3 is 2.56 bits per heavy atom. The molecule has 1 atom stereocenters. The second-order valence-corrected chi connectivity index (χ2v) is 5.34. The second-order valence-electron chi connectivity index (χ2n) is 5.34. The Morgan fingerprint density at radius 1 is 1.39 bits per heavy atom. The van der Waals surface area contributed by atoms with Gasteiger partial charge in [-0.1, -0.05) is 0 Å². The van der Waals surface area contributed by atoms with Crippen molar-refractivity contribution in [3.63, 3.8) is 0 Å². The molecule has 0 aromatic carbocycles. The molecule has 1 amide bonds. The predicted molar refractivity (Wildman–Crippen MR) is 75.7 cm³/mol. The van der Waals surface area contributed by atoms with Gasteiger partial charge in [-0.3, -0.25) is 9.69 Å². The summed E-state index contributed by atoms with van der Waals surface area (Å²) in [6, 6.07) is 1.20. The average molecular weight is 255 g/mol. The first kappa shape index (κ1) is 15.4. The van der Waals surface area contributed by atoms with E-state index < -0.39 is 0 Å². The van der Waals surface area contributed by atoms with Crippen LogP contribution in [-0.4, -0.2) is 60.5 Å². The van der Waals surface area contributed by atoms with Crippen molar-refractivity contribution in [3.8, 4) is 0 Å². The van der Waals surface area contributed by atoms with Gasteiger partial charge in [-0.15, -0.1) is 0 Å². The van der Waals surface area contributed by atoms with Crippen molar-refractivity contribution in [1.82, 2.24) is 15.1 Å².